The average Bonchev–Trinajstić information content (AvgIpc) is 2.40. The molecule has 1 unspecified atom stereocenters. The highest BCUT2D eigenvalue weighted by Gasteiger charge is 2.24. The van der Waals surface area contributed by atoms with Crippen molar-refractivity contribution in [1.29, 1.82) is 0 Å². The highest BCUT2D eigenvalue weighted by molar-refractivity contribution is 5.68. The molecule has 2 rings (SSSR count). The third-order valence-corrected chi connectivity index (χ3v) is 4.12. The molecule has 1 N–H and O–H groups in total. The highest BCUT2D eigenvalue weighted by Crippen LogP contribution is 2.28. The summed E-state index contributed by atoms with van der Waals surface area (Å²) < 4.78 is 0. The lowest BCUT2D eigenvalue weighted by atomic mass is 9.96. The summed E-state index contributed by atoms with van der Waals surface area (Å²) in [5, 5.41) is 9.17. The first-order valence-electron chi connectivity index (χ1n) is 7.11. The lowest BCUT2D eigenvalue weighted by molar-refractivity contribution is -0.138. The zero-order valence-corrected chi connectivity index (χ0v) is 11.9. The van der Waals surface area contributed by atoms with Gasteiger partial charge in [-0.1, -0.05) is 24.6 Å². The number of carboxylic acid groups (broad SMARTS) is 1. The molecule has 0 amide bonds. The van der Waals surface area contributed by atoms with Crippen molar-refractivity contribution in [2.45, 2.75) is 45.6 Å². The summed E-state index contributed by atoms with van der Waals surface area (Å²) in [6.07, 6.45) is 3.83. The van der Waals surface area contributed by atoms with E-state index >= 15 is 0 Å². The predicted molar refractivity (Wildman–Crippen MR) is 76.3 cm³/mol. The van der Waals surface area contributed by atoms with Crippen LogP contribution in [0.1, 0.15) is 48.4 Å². The zero-order chi connectivity index (χ0) is 13.8. The van der Waals surface area contributed by atoms with Crippen molar-refractivity contribution in [3.05, 3.63) is 34.9 Å². The highest BCUT2D eigenvalue weighted by atomic mass is 16.4. The van der Waals surface area contributed by atoms with E-state index in [1.807, 2.05) is 0 Å². The van der Waals surface area contributed by atoms with Gasteiger partial charge in [-0.05, 0) is 56.5 Å². The van der Waals surface area contributed by atoms with Crippen LogP contribution in [0.25, 0.3) is 0 Å². The van der Waals surface area contributed by atoms with Crippen LogP contribution in [0.5, 0.6) is 0 Å². The Morgan fingerprint density at radius 2 is 1.89 bits per heavy atom. The van der Waals surface area contributed by atoms with Gasteiger partial charge in [0.25, 0.3) is 0 Å². The Balaban J connectivity index is 2.24. The maximum atomic E-state index is 11.2. The molecule has 1 fully saturated rings. The molecule has 1 aliphatic rings. The third-order valence-electron chi connectivity index (χ3n) is 4.12. The van der Waals surface area contributed by atoms with E-state index in [2.05, 4.69) is 36.9 Å². The Kier molecular flexibility index (Phi) is 4.59. The van der Waals surface area contributed by atoms with Gasteiger partial charge in [0.2, 0.25) is 0 Å². The number of piperidine rings is 1. The van der Waals surface area contributed by atoms with Crippen molar-refractivity contribution >= 4 is 5.97 Å². The number of benzene rings is 1. The van der Waals surface area contributed by atoms with Crippen LogP contribution < -0.4 is 0 Å². The Bertz CT molecular complexity index is 450. The fourth-order valence-corrected chi connectivity index (χ4v) is 2.83. The minimum Gasteiger partial charge on any atom is -0.481 e. The summed E-state index contributed by atoms with van der Waals surface area (Å²) in [5.74, 6) is -0.714. The summed E-state index contributed by atoms with van der Waals surface area (Å²) in [5.41, 5.74) is 3.65. The van der Waals surface area contributed by atoms with Crippen LogP contribution >= 0.6 is 0 Å². The quantitative estimate of drug-likeness (QED) is 0.904. The van der Waals surface area contributed by atoms with Crippen molar-refractivity contribution in [1.82, 2.24) is 4.90 Å². The van der Waals surface area contributed by atoms with Gasteiger partial charge in [-0.2, -0.15) is 0 Å². The predicted octanol–water partition coefficient (Wildman–Crippen LogP) is 3.31. The molecule has 0 saturated carbocycles. The Morgan fingerprint density at radius 1 is 1.21 bits per heavy atom. The number of hydrogen-bond acceptors (Lipinski definition) is 2. The van der Waals surface area contributed by atoms with E-state index in [0.717, 1.165) is 18.7 Å². The molecule has 3 nitrogen and oxygen atoms in total. The molecule has 0 aromatic heterocycles. The number of carbonyl (C=O) groups is 1. The minimum atomic E-state index is -0.714. The number of likely N-dealkylation sites (tertiary alicyclic amines) is 1. The first-order valence-corrected chi connectivity index (χ1v) is 7.11. The molecule has 0 bridgehead atoms. The SMILES string of the molecule is Cc1ccc(C(CC(=O)O)N2CCCCC2)cc1C. The van der Waals surface area contributed by atoms with Crippen molar-refractivity contribution in [3.63, 3.8) is 0 Å². The maximum absolute atomic E-state index is 11.2. The first-order chi connectivity index (χ1) is 9.08. The van der Waals surface area contributed by atoms with Gasteiger partial charge >= 0.3 is 5.97 Å². The summed E-state index contributed by atoms with van der Waals surface area (Å²) in [6.45, 7) is 6.22. The molecular formula is C16H23NO2. The van der Waals surface area contributed by atoms with Crippen LogP contribution in [0.3, 0.4) is 0 Å². The molecule has 1 atom stereocenters. The van der Waals surface area contributed by atoms with E-state index in [0.29, 0.717) is 0 Å². The normalized spacial score (nSPS) is 18.2. The lowest BCUT2D eigenvalue weighted by Crippen LogP contribution is -2.35. The van der Waals surface area contributed by atoms with Gasteiger partial charge in [0.05, 0.1) is 6.42 Å². The van der Waals surface area contributed by atoms with Gasteiger partial charge in [-0.25, -0.2) is 0 Å². The van der Waals surface area contributed by atoms with Crippen LogP contribution in [-0.2, 0) is 4.79 Å². The molecule has 1 aromatic carbocycles. The summed E-state index contributed by atoms with van der Waals surface area (Å²) in [6, 6.07) is 6.36. The first kappa shape index (κ1) is 14.1. The number of rotatable bonds is 4. The van der Waals surface area contributed by atoms with Crippen molar-refractivity contribution in [2.24, 2.45) is 0 Å². The lowest BCUT2D eigenvalue weighted by Gasteiger charge is -2.34. The van der Waals surface area contributed by atoms with Gasteiger partial charge in [0.1, 0.15) is 0 Å². The number of hydrogen-bond donors (Lipinski definition) is 1. The minimum absolute atomic E-state index is 0.0251. The number of carboxylic acids is 1. The zero-order valence-electron chi connectivity index (χ0n) is 11.9. The van der Waals surface area contributed by atoms with Crippen molar-refractivity contribution < 1.29 is 9.90 Å². The third kappa shape index (κ3) is 3.57. The van der Waals surface area contributed by atoms with E-state index in [4.69, 9.17) is 0 Å². The molecule has 0 radical (unpaired) electrons. The van der Waals surface area contributed by atoms with E-state index in [1.54, 1.807) is 0 Å². The van der Waals surface area contributed by atoms with Crippen LogP contribution in [0.2, 0.25) is 0 Å². The van der Waals surface area contributed by atoms with Gasteiger partial charge in [0, 0.05) is 6.04 Å². The van der Waals surface area contributed by atoms with Crippen LogP contribution in [-0.4, -0.2) is 29.1 Å². The topological polar surface area (TPSA) is 40.5 Å². The van der Waals surface area contributed by atoms with Gasteiger partial charge in [0.15, 0.2) is 0 Å². The molecule has 3 heteroatoms. The van der Waals surface area contributed by atoms with E-state index in [1.165, 1.54) is 30.4 Å². The average molecular weight is 261 g/mol. The molecule has 19 heavy (non-hydrogen) atoms. The molecule has 0 aliphatic carbocycles. The summed E-state index contributed by atoms with van der Waals surface area (Å²) >= 11 is 0. The van der Waals surface area contributed by atoms with Gasteiger partial charge < -0.3 is 5.11 Å². The fourth-order valence-electron chi connectivity index (χ4n) is 2.83. The standard InChI is InChI=1S/C16H23NO2/c1-12-6-7-14(10-13(12)2)15(11-16(18)19)17-8-4-3-5-9-17/h6-7,10,15H,3-5,8-9,11H2,1-2H3,(H,18,19). The molecule has 1 saturated heterocycles. The number of aryl methyl sites for hydroxylation is 2. The Hall–Kier alpha value is -1.35. The second-order valence-electron chi connectivity index (χ2n) is 5.55. The van der Waals surface area contributed by atoms with E-state index in [9.17, 15) is 9.90 Å². The number of aliphatic carboxylic acids is 1. The second-order valence-corrected chi connectivity index (χ2v) is 5.55. The monoisotopic (exact) mass is 261 g/mol. The molecule has 1 heterocycles. The summed E-state index contributed by atoms with van der Waals surface area (Å²) in [4.78, 5) is 13.5. The Morgan fingerprint density at radius 3 is 2.47 bits per heavy atom. The number of nitrogens with zero attached hydrogens (tertiary/aromatic N) is 1. The van der Waals surface area contributed by atoms with Gasteiger partial charge in [-0.3, -0.25) is 9.69 Å². The maximum Gasteiger partial charge on any atom is 0.305 e. The van der Waals surface area contributed by atoms with E-state index in [-0.39, 0.29) is 12.5 Å². The summed E-state index contributed by atoms with van der Waals surface area (Å²) in [7, 11) is 0. The fraction of sp³-hybridized carbons (Fsp3) is 0.562. The molecule has 1 aliphatic heterocycles. The van der Waals surface area contributed by atoms with Crippen LogP contribution in [0, 0.1) is 13.8 Å². The van der Waals surface area contributed by atoms with Crippen molar-refractivity contribution in [3.8, 4) is 0 Å². The largest absolute Gasteiger partial charge is 0.481 e. The Labute approximate surface area is 115 Å². The smallest absolute Gasteiger partial charge is 0.305 e. The van der Waals surface area contributed by atoms with Gasteiger partial charge in [-0.15, -0.1) is 0 Å². The van der Waals surface area contributed by atoms with Crippen LogP contribution in [0.15, 0.2) is 18.2 Å². The molecular weight excluding hydrogens is 238 g/mol. The van der Waals surface area contributed by atoms with E-state index < -0.39 is 5.97 Å². The molecule has 1 aromatic rings. The van der Waals surface area contributed by atoms with Crippen LogP contribution in [0.4, 0.5) is 0 Å². The molecule has 0 spiro atoms. The second kappa shape index (κ2) is 6.20. The molecule has 104 valence electrons. The van der Waals surface area contributed by atoms with Crippen molar-refractivity contribution in [2.75, 3.05) is 13.1 Å².